The lowest BCUT2D eigenvalue weighted by molar-refractivity contribution is 0.745. The molecule has 78 valence electrons. The molecule has 1 saturated heterocycles. The Bertz CT molecular complexity index is 289. The molecule has 1 unspecified atom stereocenters. The average molecular weight is 211 g/mol. The summed E-state index contributed by atoms with van der Waals surface area (Å²) in [6, 6.07) is 0.238. The first-order chi connectivity index (χ1) is 6.75. The zero-order valence-electron chi connectivity index (χ0n) is 8.57. The Morgan fingerprint density at radius 1 is 1.57 bits per heavy atom. The highest BCUT2D eigenvalue weighted by Gasteiger charge is 2.15. The van der Waals surface area contributed by atoms with Gasteiger partial charge in [0.1, 0.15) is 0 Å². The highest BCUT2D eigenvalue weighted by Crippen LogP contribution is 2.26. The molecule has 0 spiro atoms. The molecule has 2 rings (SSSR count). The molecule has 0 saturated carbocycles. The van der Waals surface area contributed by atoms with E-state index >= 15 is 0 Å². The molecule has 2 N–H and O–H groups in total. The summed E-state index contributed by atoms with van der Waals surface area (Å²) in [4.78, 5) is 8.12. The Labute approximate surface area is 88.9 Å². The van der Waals surface area contributed by atoms with Crippen LogP contribution in [0.4, 0.5) is 5.13 Å². The van der Waals surface area contributed by atoms with Gasteiger partial charge in [-0.1, -0.05) is 0 Å². The van der Waals surface area contributed by atoms with Crippen molar-refractivity contribution in [3.63, 3.8) is 0 Å². The molecule has 4 heteroatoms. The van der Waals surface area contributed by atoms with E-state index in [4.69, 9.17) is 5.73 Å². The molecule has 1 aromatic heterocycles. The molecule has 1 atom stereocenters. The fraction of sp³-hybridized carbons (Fsp3) is 0.700. The van der Waals surface area contributed by atoms with Crippen molar-refractivity contribution in [3.8, 4) is 0 Å². The molecule has 0 radical (unpaired) electrons. The molecule has 2 heterocycles. The van der Waals surface area contributed by atoms with E-state index in [-0.39, 0.29) is 6.04 Å². The summed E-state index contributed by atoms with van der Waals surface area (Å²) in [5, 5.41) is 1.18. The van der Waals surface area contributed by atoms with Crippen molar-refractivity contribution in [2.45, 2.75) is 32.2 Å². The molecular formula is C10H17N3S. The van der Waals surface area contributed by atoms with Crippen molar-refractivity contribution in [1.82, 2.24) is 4.98 Å². The van der Waals surface area contributed by atoms with Gasteiger partial charge in [-0.05, 0) is 26.2 Å². The lowest BCUT2D eigenvalue weighted by Crippen LogP contribution is -2.17. The fourth-order valence-electron chi connectivity index (χ4n) is 1.76. The Morgan fingerprint density at radius 2 is 2.29 bits per heavy atom. The van der Waals surface area contributed by atoms with Crippen LogP contribution in [0.25, 0.3) is 0 Å². The first-order valence-corrected chi connectivity index (χ1v) is 6.02. The molecule has 0 bridgehead atoms. The summed E-state index contributed by atoms with van der Waals surface area (Å²) in [6.45, 7) is 4.38. The van der Waals surface area contributed by atoms with Crippen LogP contribution in [0.2, 0.25) is 0 Å². The molecule has 3 nitrogen and oxygen atoms in total. The number of nitrogens with zero attached hydrogens (tertiary/aromatic N) is 2. The van der Waals surface area contributed by atoms with Gasteiger partial charge >= 0.3 is 0 Å². The first-order valence-electron chi connectivity index (χ1n) is 5.21. The van der Waals surface area contributed by atoms with E-state index in [1.807, 2.05) is 13.1 Å². The second-order valence-electron chi connectivity index (χ2n) is 3.98. The monoisotopic (exact) mass is 211 g/mol. The molecule has 1 aliphatic heterocycles. The van der Waals surface area contributed by atoms with E-state index in [0.29, 0.717) is 0 Å². The first kappa shape index (κ1) is 9.93. The van der Waals surface area contributed by atoms with Crippen molar-refractivity contribution in [3.05, 3.63) is 11.1 Å². The summed E-state index contributed by atoms with van der Waals surface area (Å²) in [7, 11) is 0. The van der Waals surface area contributed by atoms with Crippen molar-refractivity contribution in [2.75, 3.05) is 18.0 Å². The maximum absolute atomic E-state index is 5.75. The van der Waals surface area contributed by atoms with E-state index in [1.165, 1.54) is 35.9 Å². The van der Waals surface area contributed by atoms with Crippen LogP contribution >= 0.6 is 11.3 Å². The maximum Gasteiger partial charge on any atom is 0.185 e. The lowest BCUT2D eigenvalue weighted by Gasteiger charge is -2.12. The quantitative estimate of drug-likeness (QED) is 0.826. The van der Waals surface area contributed by atoms with Gasteiger partial charge in [-0.15, -0.1) is 11.3 Å². The summed E-state index contributed by atoms with van der Waals surface area (Å²) in [6.07, 6.45) is 5.54. The predicted molar refractivity (Wildman–Crippen MR) is 60.9 cm³/mol. The van der Waals surface area contributed by atoms with Crippen molar-refractivity contribution >= 4 is 16.5 Å². The standard InChI is InChI=1S/C10H17N3S/c1-8(11)6-9-7-12-10(14-9)13-4-2-3-5-13/h7-8H,2-6,11H2,1H3. The van der Waals surface area contributed by atoms with Crippen LogP contribution in [-0.4, -0.2) is 24.1 Å². The van der Waals surface area contributed by atoms with Crippen LogP contribution in [0.15, 0.2) is 6.20 Å². The Hall–Kier alpha value is -0.610. The van der Waals surface area contributed by atoms with E-state index in [9.17, 15) is 0 Å². The van der Waals surface area contributed by atoms with Gasteiger partial charge in [0, 0.05) is 30.2 Å². The van der Waals surface area contributed by atoms with Gasteiger partial charge in [0.05, 0.1) is 0 Å². The normalized spacial score (nSPS) is 18.9. The predicted octanol–water partition coefficient (Wildman–Crippen LogP) is 1.63. The summed E-state index contributed by atoms with van der Waals surface area (Å²) in [5.74, 6) is 0. The summed E-state index contributed by atoms with van der Waals surface area (Å²) < 4.78 is 0. The molecular weight excluding hydrogens is 194 g/mol. The second-order valence-corrected chi connectivity index (χ2v) is 5.08. The third-order valence-electron chi connectivity index (χ3n) is 2.44. The Kier molecular flexibility index (Phi) is 3.03. The molecule has 0 amide bonds. The van der Waals surface area contributed by atoms with Gasteiger partial charge in [-0.25, -0.2) is 4.98 Å². The van der Waals surface area contributed by atoms with Crippen molar-refractivity contribution in [1.29, 1.82) is 0 Å². The van der Waals surface area contributed by atoms with E-state index in [2.05, 4.69) is 9.88 Å². The number of rotatable bonds is 3. The smallest absolute Gasteiger partial charge is 0.185 e. The van der Waals surface area contributed by atoms with Crippen LogP contribution < -0.4 is 10.6 Å². The molecule has 1 aliphatic rings. The van der Waals surface area contributed by atoms with Crippen molar-refractivity contribution in [2.24, 2.45) is 5.73 Å². The molecule has 1 fully saturated rings. The zero-order chi connectivity index (χ0) is 9.97. The van der Waals surface area contributed by atoms with E-state index in [1.54, 1.807) is 11.3 Å². The number of thiazole rings is 1. The second kappa shape index (κ2) is 4.28. The lowest BCUT2D eigenvalue weighted by atomic mass is 10.2. The molecule has 1 aromatic rings. The number of nitrogens with two attached hydrogens (primary N) is 1. The van der Waals surface area contributed by atoms with Gasteiger partial charge in [0.2, 0.25) is 0 Å². The van der Waals surface area contributed by atoms with Gasteiger partial charge in [-0.2, -0.15) is 0 Å². The van der Waals surface area contributed by atoms with Crippen molar-refractivity contribution < 1.29 is 0 Å². The number of hydrogen-bond acceptors (Lipinski definition) is 4. The van der Waals surface area contributed by atoms with Gasteiger partial charge in [0.25, 0.3) is 0 Å². The van der Waals surface area contributed by atoms with Crippen LogP contribution in [-0.2, 0) is 6.42 Å². The highest BCUT2D eigenvalue weighted by atomic mass is 32.1. The summed E-state index contributed by atoms with van der Waals surface area (Å²) in [5.41, 5.74) is 5.75. The number of anilines is 1. The Morgan fingerprint density at radius 3 is 2.93 bits per heavy atom. The van der Waals surface area contributed by atoms with Gasteiger partial charge in [-0.3, -0.25) is 0 Å². The zero-order valence-corrected chi connectivity index (χ0v) is 9.39. The number of hydrogen-bond donors (Lipinski definition) is 1. The molecule has 0 aliphatic carbocycles. The topological polar surface area (TPSA) is 42.1 Å². The van der Waals surface area contributed by atoms with Crippen LogP contribution in [0.1, 0.15) is 24.6 Å². The van der Waals surface area contributed by atoms with E-state index in [0.717, 1.165) is 6.42 Å². The molecule has 0 aromatic carbocycles. The summed E-state index contributed by atoms with van der Waals surface area (Å²) >= 11 is 1.79. The third-order valence-corrected chi connectivity index (χ3v) is 3.52. The van der Waals surface area contributed by atoms with Crippen LogP contribution in [0.3, 0.4) is 0 Å². The minimum Gasteiger partial charge on any atom is -0.348 e. The average Bonchev–Trinajstić information content (AvgIpc) is 2.69. The van der Waals surface area contributed by atoms with Gasteiger partial charge < -0.3 is 10.6 Å². The SMILES string of the molecule is CC(N)Cc1cnc(N2CCCC2)s1. The minimum absolute atomic E-state index is 0.238. The van der Waals surface area contributed by atoms with E-state index < -0.39 is 0 Å². The third kappa shape index (κ3) is 2.25. The molecule has 14 heavy (non-hydrogen) atoms. The highest BCUT2D eigenvalue weighted by molar-refractivity contribution is 7.15. The van der Waals surface area contributed by atoms with Crippen LogP contribution in [0.5, 0.6) is 0 Å². The van der Waals surface area contributed by atoms with Crippen LogP contribution in [0, 0.1) is 0 Å². The number of aromatic nitrogens is 1. The fourth-order valence-corrected chi connectivity index (χ4v) is 2.87. The minimum atomic E-state index is 0.238. The largest absolute Gasteiger partial charge is 0.348 e. The van der Waals surface area contributed by atoms with Gasteiger partial charge in [0.15, 0.2) is 5.13 Å². The Balaban J connectivity index is 2.01. The maximum atomic E-state index is 5.75.